The summed E-state index contributed by atoms with van der Waals surface area (Å²) in [6, 6.07) is 0. The van der Waals surface area contributed by atoms with Gasteiger partial charge in [-0.1, -0.05) is 0 Å². The van der Waals surface area contributed by atoms with Crippen LogP contribution in [0, 0.1) is 11.8 Å². The molecule has 2 saturated carbocycles. The molecule has 2 aliphatic carbocycles. The molecule has 46 valence electrons. The third kappa shape index (κ3) is 0.392. The number of hydrogen-bond donors (Lipinski definition) is 0. The van der Waals surface area contributed by atoms with Crippen LogP contribution in [-0.2, 0) is 0 Å². The van der Waals surface area contributed by atoms with Crippen LogP contribution in [-0.4, -0.2) is 7.85 Å². The van der Waals surface area contributed by atoms with Crippen LogP contribution in [0.2, 0.25) is 0 Å². The van der Waals surface area contributed by atoms with Crippen molar-refractivity contribution in [3.8, 4) is 0 Å². The number of fused-ring (bicyclic) bond motifs is 2. The van der Waals surface area contributed by atoms with Crippen LogP contribution in [0.1, 0.15) is 19.3 Å². The van der Waals surface area contributed by atoms with Crippen molar-refractivity contribution in [2.75, 3.05) is 4.43 Å². The molecule has 0 amide bonds. The molecule has 1 heteroatoms. The molecule has 1 saturated heterocycles. The van der Waals surface area contributed by atoms with Crippen molar-refractivity contribution in [3.63, 3.8) is 0 Å². The van der Waals surface area contributed by atoms with Crippen molar-refractivity contribution in [3.05, 3.63) is 0 Å². The molecular formula is C7H10I-. The van der Waals surface area contributed by atoms with Crippen LogP contribution in [0.3, 0.4) is 0 Å². The predicted molar refractivity (Wildman–Crippen MR) is 28.4 cm³/mol. The van der Waals surface area contributed by atoms with E-state index in [0.717, 1.165) is 24.6 Å². The van der Waals surface area contributed by atoms with E-state index in [4.69, 9.17) is 0 Å². The fourth-order valence-electron chi connectivity index (χ4n) is 2.23. The fourth-order valence-corrected chi connectivity index (χ4v) is 5.69. The molecule has 3 aliphatic rings. The summed E-state index contributed by atoms with van der Waals surface area (Å²) in [6.45, 7) is 0. The number of halogens is 1. The van der Waals surface area contributed by atoms with Crippen LogP contribution >= 0.6 is 0 Å². The average Bonchev–Trinajstić information content (AvgIpc) is 2.46. The van der Waals surface area contributed by atoms with Crippen molar-refractivity contribution in [1.29, 1.82) is 0 Å². The first-order valence-corrected chi connectivity index (χ1v) is 6.11. The van der Waals surface area contributed by atoms with E-state index in [1.165, 1.54) is 11.8 Å². The third-order valence-corrected chi connectivity index (χ3v) is 7.06. The van der Waals surface area contributed by atoms with Gasteiger partial charge < -0.3 is 0 Å². The molecule has 3 atom stereocenters. The summed E-state index contributed by atoms with van der Waals surface area (Å²) < 4.78 is 2.79. The first-order chi connectivity index (χ1) is 3.91. The molecule has 0 aromatic carbocycles. The summed E-state index contributed by atoms with van der Waals surface area (Å²) in [7, 11) is 0. The molecular weight excluding hydrogens is 211 g/mol. The van der Waals surface area contributed by atoms with Gasteiger partial charge in [-0.3, -0.25) is 0 Å². The van der Waals surface area contributed by atoms with Crippen molar-refractivity contribution < 1.29 is 21.2 Å². The summed E-state index contributed by atoms with van der Waals surface area (Å²) in [5.41, 5.74) is 0. The Morgan fingerprint density at radius 2 is 2.38 bits per heavy atom. The zero-order chi connectivity index (χ0) is 5.19. The molecule has 1 heterocycles. The summed E-state index contributed by atoms with van der Waals surface area (Å²) in [6.07, 6.45) is 4.90. The van der Waals surface area contributed by atoms with Gasteiger partial charge >= 0.3 is 60.2 Å². The normalized spacial score (nSPS) is 67.0. The Morgan fingerprint density at radius 3 is 2.62 bits per heavy atom. The zero-order valence-electron chi connectivity index (χ0n) is 4.86. The van der Waals surface area contributed by atoms with E-state index < -0.39 is 0 Å². The van der Waals surface area contributed by atoms with Crippen molar-refractivity contribution in [2.24, 2.45) is 11.8 Å². The molecule has 0 radical (unpaired) electrons. The van der Waals surface area contributed by atoms with Gasteiger partial charge in [0.2, 0.25) is 0 Å². The first kappa shape index (κ1) is 4.53. The van der Waals surface area contributed by atoms with Crippen LogP contribution in [0.15, 0.2) is 0 Å². The van der Waals surface area contributed by atoms with Crippen LogP contribution in [0.4, 0.5) is 0 Å². The third-order valence-electron chi connectivity index (χ3n) is 2.99. The summed E-state index contributed by atoms with van der Waals surface area (Å²) >= 11 is 0.751. The van der Waals surface area contributed by atoms with Crippen LogP contribution < -0.4 is 21.2 Å². The van der Waals surface area contributed by atoms with Crippen molar-refractivity contribution in [2.45, 2.75) is 22.7 Å². The minimum absolute atomic E-state index is 0.751. The first-order valence-electron chi connectivity index (χ1n) is 3.51. The Kier molecular flexibility index (Phi) is 0.631. The Balaban J connectivity index is 1.99. The van der Waals surface area contributed by atoms with E-state index in [-0.39, 0.29) is 0 Å². The second kappa shape index (κ2) is 1.11. The Hall–Kier alpha value is 0.730. The fraction of sp³-hybridized carbons (Fsp3) is 1.00. The molecule has 0 nitrogen and oxygen atoms in total. The Labute approximate surface area is 60.3 Å². The van der Waals surface area contributed by atoms with Gasteiger partial charge in [-0.25, -0.2) is 0 Å². The molecule has 1 spiro atoms. The van der Waals surface area contributed by atoms with Gasteiger partial charge in [0.1, 0.15) is 0 Å². The monoisotopic (exact) mass is 221 g/mol. The van der Waals surface area contributed by atoms with Crippen molar-refractivity contribution >= 4 is 0 Å². The molecule has 3 unspecified atom stereocenters. The number of rotatable bonds is 0. The second-order valence-electron chi connectivity index (χ2n) is 3.44. The maximum atomic E-state index is 1.70. The number of alkyl halides is 2. The van der Waals surface area contributed by atoms with Gasteiger partial charge in [0.25, 0.3) is 0 Å². The molecule has 3 rings (SSSR count). The summed E-state index contributed by atoms with van der Waals surface area (Å²) in [5, 5.41) is 0. The standard InChI is InChI=1S/C7H10I/c1-2-7(4-8-7)6-3-5(1)6/h5-6H,1-4H2/q-1. The van der Waals surface area contributed by atoms with Crippen molar-refractivity contribution in [1.82, 2.24) is 0 Å². The van der Waals surface area contributed by atoms with Gasteiger partial charge in [0, 0.05) is 0 Å². The average molecular weight is 221 g/mol. The van der Waals surface area contributed by atoms with E-state index in [1.807, 2.05) is 0 Å². The van der Waals surface area contributed by atoms with Gasteiger partial charge in [-0.2, -0.15) is 0 Å². The quantitative estimate of drug-likeness (QED) is 0.336. The Morgan fingerprint density at radius 1 is 1.50 bits per heavy atom. The summed E-state index contributed by atoms with van der Waals surface area (Å²) in [4.78, 5) is 0. The molecule has 0 aromatic rings. The minimum atomic E-state index is 0.751. The molecule has 0 aromatic heterocycles. The van der Waals surface area contributed by atoms with Gasteiger partial charge in [0.05, 0.1) is 0 Å². The van der Waals surface area contributed by atoms with Gasteiger partial charge in [-0.15, -0.1) is 0 Å². The van der Waals surface area contributed by atoms with E-state index in [9.17, 15) is 0 Å². The van der Waals surface area contributed by atoms with E-state index in [1.54, 1.807) is 23.7 Å². The topological polar surface area (TPSA) is 0 Å². The molecule has 1 aliphatic heterocycles. The predicted octanol–water partition coefficient (Wildman–Crippen LogP) is -1.74. The van der Waals surface area contributed by atoms with Gasteiger partial charge in [-0.05, 0) is 0 Å². The number of hydrogen-bond acceptors (Lipinski definition) is 0. The van der Waals surface area contributed by atoms with E-state index >= 15 is 0 Å². The van der Waals surface area contributed by atoms with E-state index in [2.05, 4.69) is 0 Å². The molecule has 8 heavy (non-hydrogen) atoms. The summed E-state index contributed by atoms with van der Waals surface area (Å²) in [5.74, 6) is 2.53. The molecule has 0 bridgehead atoms. The van der Waals surface area contributed by atoms with Crippen LogP contribution in [0.25, 0.3) is 0 Å². The van der Waals surface area contributed by atoms with Crippen LogP contribution in [0.5, 0.6) is 0 Å². The molecule has 0 N–H and O–H groups in total. The SMILES string of the molecule is C1CC2(C[I-]2)C2CC12. The maximum absolute atomic E-state index is 1.70. The zero-order valence-corrected chi connectivity index (χ0v) is 7.02. The van der Waals surface area contributed by atoms with E-state index in [0.29, 0.717) is 0 Å². The second-order valence-corrected chi connectivity index (χ2v) is 7.12. The Bertz CT molecular complexity index is 137. The molecule has 3 fully saturated rings. The van der Waals surface area contributed by atoms with Gasteiger partial charge in [0.15, 0.2) is 0 Å².